The van der Waals surface area contributed by atoms with E-state index < -0.39 is 18.0 Å². The number of anilines is 1. The Balaban J connectivity index is 1.26. The summed E-state index contributed by atoms with van der Waals surface area (Å²) in [5.41, 5.74) is 3.63. The number of carbonyl (C=O) groups is 4. The molecule has 0 aliphatic heterocycles. The number of hydrogen-bond donors (Lipinski definition) is 1. The average Bonchev–Trinajstić information content (AvgIpc) is 3.38. The van der Waals surface area contributed by atoms with Crippen molar-refractivity contribution in [2.75, 3.05) is 5.32 Å². The van der Waals surface area contributed by atoms with E-state index in [-0.39, 0.29) is 28.4 Å². The zero-order chi connectivity index (χ0) is 25.4. The van der Waals surface area contributed by atoms with E-state index in [4.69, 9.17) is 4.74 Å². The summed E-state index contributed by atoms with van der Waals surface area (Å²) in [6.45, 7) is 3.44. The molecule has 5 rings (SSSR count). The van der Waals surface area contributed by atoms with E-state index in [9.17, 15) is 19.2 Å². The van der Waals surface area contributed by atoms with Crippen molar-refractivity contribution in [2.24, 2.45) is 0 Å². The smallest absolute Gasteiger partial charge is 0.358 e. The molecule has 1 atom stereocenters. The standard InChI is InChI=1S/C28H20N2O5S/c1-15-7-9-17(10-8-15)27-30-23(14-36-27)28(34)35-16(2)26(33)29-18-11-12-21-22(13-18)25(32)20-6-4-3-5-19(20)24(21)31/h3-14,16H,1-2H3,(H,29,33). The maximum atomic E-state index is 12.9. The zero-order valence-corrected chi connectivity index (χ0v) is 20.2. The highest BCUT2D eigenvalue weighted by Gasteiger charge is 2.30. The van der Waals surface area contributed by atoms with Gasteiger partial charge in [0.25, 0.3) is 5.91 Å². The summed E-state index contributed by atoms with van der Waals surface area (Å²) >= 11 is 1.31. The molecule has 3 aromatic carbocycles. The fourth-order valence-electron chi connectivity index (χ4n) is 3.89. The molecule has 1 heterocycles. The summed E-state index contributed by atoms with van der Waals surface area (Å²) in [5.74, 6) is -1.82. The molecule has 0 saturated heterocycles. The second-order valence-electron chi connectivity index (χ2n) is 8.40. The monoisotopic (exact) mass is 496 g/mol. The molecule has 1 amide bonds. The van der Waals surface area contributed by atoms with Gasteiger partial charge >= 0.3 is 5.97 Å². The van der Waals surface area contributed by atoms with E-state index in [1.165, 1.54) is 30.4 Å². The molecule has 36 heavy (non-hydrogen) atoms. The Morgan fingerprint density at radius 2 is 1.53 bits per heavy atom. The second kappa shape index (κ2) is 9.31. The van der Waals surface area contributed by atoms with Gasteiger partial charge in [0, 0.05) is 38.9 Å². The first-order valence-corrected chi connectivity index (χ1v) is 12.1. The fraction of sp³-hybridized carbons (Fsp3) is 0.107. The molecule has 1 aliphatic carbocycles. The van der Waals surface area contributed by atoms with Gasteiger partial charge in [-0.1, -0.05) is 54.1 Å². The van der Waals surface area contributed by atoms with E-state index in [2.05, 4.69) is 10.3 Å². The molecule has 8 heteroatoms. The van der Waals surface area contributed by atoms with Gasteiger partial charge in [0.1, 0.15) is 5.01 Å². The number of fused-ring (bicyclic) bond motifs is 2. The molecule has 1 unspecified atom stereocenters. The molecular weight excluding hydrogens is 476 g/mol. The van der Waals surface area contributed by atoms with Crippen molar-refractivity contribution in [1.82, 2.24) is 4.98 Å². The number of nitrogens with one attached hydrogen (secondary N) is 1. The molecule has 1 aromatic heterocycles. The predicted octanol–water partition coefficient (Wildman–Crippen LogP) is 5.08. The average molecular weight is 497 g/mol. The summed E-state index contributed by atoms with van der Waals surface area (Å²) in [5, 5.41) is 4.91. The normalized spacial score (nSPS) is 12.9. The topological polar surface area (TPSA) is 102 Å². The van der Waals surface area contributed by atoms with Gasteiger partial charge in [-0.15, -0.1) is 11.3 Å². The van der Waals surface area contributed by atoms with Gasteiger partial charge < -0.3 is 10.1 Å². The van der Waals surface area contributed by atoms with Crippen LogP contribution in [0.15, 0.2) is 72.1 Å². The lowest BCUT2D eigenvalue weighted by Crippen LogP contribution is -2.30. The van der Waals surface area contributed by atoms with Gasteiger partial charge in [-0.2, -0.15) is 0 Å². The summed E-state index contributed by atoms with van der Waals surface area (Å²) in [7, 11) is 0. The van der Waals surface area contributed by atoms with Crippen molar-refractivity contribution in [3.8, 4) is 10.6 Å². The second-order valence-corrected chi connectivity index (χ2v) is 9.26. The first kappa shape index (κ1) is 23.3. The van der Waals surface area contributed by atoms with E-state index in [0.29, 0.717) is 21.8 Å². The molecular formula is C28H20N2O5S. The van der Waals surface area contributed by atoms with E-state index in [1.54, 1.807) is 35.7 Å². The van der Waals surface area contributed by atoms with Crippen LogP contribution >= 0.6 is 11.3 Å². The van der Waals surface area contributed by atoms with Crippen LogP contribution in [0.2, 0.25) is 0 Å². The Morgan fingerprint density at radius 1 is 0.889 bits per heavy atom. The van der Waals surface area contributed by atoms with E-state index in [1.807, 2.05) is 31.2 Å². The quantitative estimate of drug-likeness (QED) is 0.341. The Morgan fingerprint density at radius 3 is 2.22 bits per heavy atom. The summed E-state index contributed by atoms with van der Waals surface area (Å²) in [4.78, 5) is 55.2. The van der Waals surface area contributed by atoms with Gasteiger partial charge in [-0.05, 0) is 32.0 Å². The van der Waals surface area contributed by atoms with Gasteiger partial charge in [-0.3, -0.25) is 14.4 Å². The Kier molecular flexibility index (Phi) is 6.03. The lowest BCUT2D eigenvalue weighted by atomic mass is 9.84. The van der Waals surface area contributed by atoms with E-state index >= 15 is 0 Å². The van der Waals surface area contributed by atoms with Crippen LogP contribution in [0, 0.1) is 6.92 Å². The number of amides is 1. The van der Waals surface area contributed by atoms with Gasteiger partial charge in [0.2, 0.25) is 0 Å². The Labute approximate surface area is 210 Å². The number of aromatic nitrogens is 1. The maximum absolute atomic E-state index is 12.9. The van der Waals surface area contributed by atoms with Crippen LogP contribution in [0.3, 0.4) is 0 Å². The summed E-state index contributed by atoms with van der Waals surface area (Å²) < 4.78 is 5.31. The number of ketones is 2. The minimum atomic E-state index is -1.11. The molecule has 1 aliphatic rings. The van der Waals surface area contributed by atoms with Crippen molar-refractivity contribution >= 4 is 40.5 Å². The van der Waals surface area contributed by atoms with Gasteiger partial charge in [0.05, 0.1) is 0 Å². The molecule has 0 fully saturated rings. The van der Waals surface area contributed by atoms with Crippen molar-refractivity contribution in [3.63, 3.8) is 0 Å². The molecule has 4 aromatic rings. The van der Waals surface area contributed by atoms with Gasteiger partial charge in [0.15, 0.2) is 23.4 Å². The SMILES string of the molecule is Cc1ccc(-c2nc(C(=O)OC(C)C(=O)Nc3ccc4c(c3)C(=O)c3ccccc3C4=O)cs2)cc1. The van der Waals surface area contributed by atoms with Crippen molar-refractivity contribution in [2.45, 2.75) is 20.0 Å². The minimum absolute atomic E-state index is 0.117. The molecule has 178 valence electrons. The lowest BCUT2D eigenvalue weighted by molar-refractivity contribution is -0.123. The number of aryl methyl sites for hydroxylation is 1. The first-order valence-electron chi connectivity index (χ1n) is 11.2. The largest absolute Gasteiger partial charge is 0.448 e. The van der Waals surface area contributed by atoms with Crippen LogP contribution in [0.4, 0.5) is 5.69 Å². The van der Waals surface area contributed by atoms with Crippen LogP contribution < -0.4 is 5.32 Å². The summed E-state index contributed by atoms with van der Waals surface area (Å²) in [6, 6.07) is 18.9. The van der Waals surface area contributed by atoms with Crippen LogP contribution in [-0.2, 0) is 9.53 Å². The number of thiazole rings is 1. The lowest BCUT2D eigenvalue weighted by Gasteiger charge is -2.19. The van der Waals surface area contributed by atoms with Crippen LogP contribution in [0.1, 0.15) is 54.8 Å². The van der Waals surface area contributed by atoms with Crippen molar-refractivity contribution in [1.29, 1.82) is 0 Å². The molecule has 0 radical (unpaired) electrons. The summed E-state index contributed by atoms with van der Waals surface area (Å²) in [6.07, 6.45) is -1.11. The number of esters is 1. The molecule has 0 bridgehead atoms. The number of carbonyl (C=O) groups excluding carboxylic acids is 4. The van der Waals surface area contributed by atoms with E-state index in [0.717, 1.165) is 11.1 Å². The Bertz CT molecular complexity index is 1540. The number of nitrogens with zero attached hydrogens (tertiary/aromatic N) is 1. The molecule has 1 N–H and O–H groups in total. The van der Waals surface area contributed by atoms with Gasteiger partial charge in [-0.25, -0.2) is 9.78 Å². The molecule has 7 nitrogen and oxygen atoms in total. The number of rotatable bonds is 5. The predicted molar refractivity (Wildman–Crippen MR) is 136 cm³/mol. The number of ether oxygens (including phenoxy) is 1. The Hall–Kier alpha value is -4.43. The van der Waals surface area contributed by atoms with Crippen LogP contribution in [0.5, 0.6) is 0 Å². The third kappa shape index (κ3) is 4.34. The highest BCUT2D eigenvalue weighted by Crippen LogP contribution is 2.29. The highest BCUT2D eigenvalue weighted by molar-refractivity contribution is 7.13. The van der Waals surface area contributed by atoms with Crippen molar-refractivity contribution in [3.05, 3.63) is 106 Å². The zero-order valence-electron chi connectivity index (χ0n) is 19.4. The number of benzene rings is 3. The van der Waals surface area contributed by atoms with Crippen molar-refractivity contribution < 1.29 is 23.9 Å². The molecule has 0 spiro atoms. The minimum Gasteiger partial charge on any atom is -0.448 e. The third-order valence-electron chi connectivity index (χ3n) is 5.86. The highest BCUT2D eigenvalue weighted by atomic mass is 32.1. The fourth-order valence-corrected chi connectivity index (χ4v) is 4.69. The van der Waals surface area contributed by atoms with Crippen LogP contribution in [0.25, 0.3) is 10.6 Å². The first-order chi connectivity index (χ1) is 17.3. The van der Waals surface area contributed by atoms with Crippen LogP contribution in [-0.4, -0.2) is 34.5 Å². The molecule has 0 saturated carbocycles. The number of hydrogen-bond acceptors (Lipinski definition) is 7. The third-order valence-corrected chi connectivity index (χ3v) is 6.75. The maximum Gasteiger partial charge on any atom is 0.358 e.